The van der Waals surface area contributed by atoms with E-state index in [4.69, 9.17) is 5.26 Å². The van der Waals surface area contributed by atoms with Crippen LogP contribution in [0.4, 0.5) is 0 Å². The highest BCUT2D eigenvalue weighted by atomic mass is 16.3. The SMILES string of the molecule is CCC(CC#N)N1CCC(C)(O)C1. The third kappa shape index (κ3) is 2.68. The van der Waals surface area contributed by atoms with Crippen molar-refractivity contribution in [1.82, 2.24) is 4.90 Å². The zero-order chi connectivity index (χ0) is 9.90. The Labute approximate surface area is 80.0 Å². The van der Waals surface area contributed by atoms with Crippen LogP contribution >= 0.6 is 0 Å². The molecule has 1 N–H and O–H groups in total. The number of rotatable bonds is 3. The highest BCUT2D eigenvalue weighted by Crippen LogP contribution is 2.24. The quantitative estimate of drug-likeness (QED) is 0.712. The van der Waals surface area contributed by atoms with E-state index in [0.29, 0.717) is 19.0 Å². The van der Waals surface area contributed by atoms with Gasteiger partial charge in [0.15, 0.2) is 0 Å². The van der Waals surface area contributed by atoms with E-state index in [1.165, 1.54) is 0 Å². The maximum atomic E-state index is 9.75. The molecule has 0 bridgehead atoms. The molecule has 0 radical (unpaired) electrons. The van der Waals surface area contributed by atoms with E-state index < -0.39 is 5.60 Å². The minimum absolute atomic E-state index is 0.332. The first-order valence-electron chi connectivity index (χ1n) is 4.92. The molecule has 1 heterocycles. The van der Waals surface area contributed by atoms with Crippen LogP contribution in [0.5, 0.6) is 0 Å². The lowest BCUT2D eigenvalue weighted by Gasteiger charge is -2.25. The average molecular weight is 182 g/mol. The van der Waals surface area contributed by atoms with Gasteiger partial charge in [0.05, 0.1) is 18.1 Å². The van der Waals surface area contributed by atoms with Gasteiger partial charge in [0.1, 0.15) is 0 Å². The molecule has 13 heavy (non-hydrogen) atoms. The Morgan fingerprint density at radius 3 is 2.77 bits per heavy atom. The van der Waals surface area contributed by atoms with Gasteiger partial charge in [-0.15, -0.1) is 0 Å². The number of β-amino-alcohol motifs (C(OH)–C–C–N with tert-alkyl or cyclic N) is 1. The summed E-state index contributed by atoms with van der Waals surface area (Å²) in [6.07, 6.45) is 2.39. The molecule has 2 unspecified atom stereocenters. The molecule has 0 aromatic heterocycles. The Kier molecular flexibility index (Phi) is 3.29. The lowest BCUT2D eigenvalue weighted by atomic mass is 10.1. The van der Waals surface area contributed by atoms with Crippen LogP contribution in [0.25, 0.3) is 0 Å². The Bertz CT molecular complexity index is 207. The van der Waals surface area contributed by atoms with Gasteiger partial charge < -0.3 is 5.11 Å². The van der Waals surface area contributed by atoms with E-state index in [-0.39, 0.29) is 0 Å². The van der Waals surface area contributed by atoms with Gasteiger partial charge in [-0.1, -0.05) is 6.92 Å². The van der Waals surface area contributed by atoms with Crippen LogP contribution in [-0.2, 0) is 0 Å². The second kappa shape index (κ2) is 4.08. The summed E-state index contributed by atoms with van der Waals surface area (Å²) in [7, 11) is 0. The monoisotopic (exact) mass is 182 g/mol. The van der Waals surface area contributed by atoms with Crippen molar-refractivity contribution in [3.05, 3.63) is 0 Å². The van der Waals surface area contributed by atoms with Gasteiger partial charge in [0, 0.05) is 19.1 Å². The van der Waals surface area contributed by atoms with Crippen LogP contribution in [0.2, 0.25) is 0 Å². The van der Waals surface area contributed by atoms with Crippen LogP contribution in [0.1, 0.15) is 33.1 Å². The van der Waals surface area contributed by atoms with Gasteiger partial charge in [-0.2, -0.15) is 5.26 Å². The zero-order valence-electron chi connectivity index (χ0n) is 8.45. The lowest BCUT2D eigenvalue weighted by molar-refractivity contribution is 0.0620. The summed E-state index contributed by atoms with van der Waals surface area (Å²) >= 11 is 0. The molecule has 0 aromatic carbocycles. The Hall–Kier alpha value is -0.590. The molecule has 74 valence electrons. The van der Waals surface area contributed by atoms with E-state index in [1.807, 2.05) is 6.92 Å². The molecule has 1 fully saturated rings. The van der Waals surface area contributed by atoms with Gasteiger partial charge in [-0.3, -0.25) is 4.90 Å². The minimum atomic E-state index is -0.539. The fraction of sp³-hybridized carbons (Fsp3) is 0.900. The first-order valence-corrected chi connectivity index (χ1v) is 4.92. The van der Waals surface area contributed by atoms with Gasteiger partial charge in [-0.05, 0) is 19.8 Å². The van der Waals surface area contributed by atoms with E-state index in [1.54, 1.807) is 0 Å². The van der Waals surface area contributed by atoms with Crippen LogP contribution < -0.4 is 0 Å². The molecule has 1 rings (SSSR count). The Morgan fingerprint density at radius 1 is 1.69 bits per heavy atom. The molecule has 0 saturated carbocycles. The standard InChI is InChI=1S/C10H18N2O/c1-3-9(4-6-11)12-7-5-10(2,13)8-12/h9,13H,3-5,7-8H2,1-2H3. The fourth-order valence-electron chi connectivity index (χ4n) is 1.93. The lowest BCUT2D eigenvalue weighted by Crippen LogP contribution is -2.36. The van der Waals surface area contributed by atoms with Crippen molar-refractivity contribution in [3.63, 3.8) is 0 Å². The number of nitrogens with zero attached hydrogens (tertiary/aromatic N) is 2. The molecule has 1 aliphatic rings. The fourth-order valence-corrected chi connectivity index (χ4v) is 1.93. The molecule has 3 heteroatoms. The Morgan fingerprint density at radius 2 is 2.38 bits per heavy atom. The summed E-state index contributed by atoms with van der Waals surface area (Å²) in [6, 6.07) is 2.53. The smallest absolute Gasteiger partial charge is 0.0758 e. The van der Waals surface area contributed by atoms with E-state index >= 15 is 0 Å². The third-order valence-electron chi connectivity index (χ3n) is 2.80. The van der Waals surface area contributed by atoms with Crippen molar-refractivity contribution in [3.8, 4) is 6.07 Å². The zero-order valence-corrected chi connectivity index (χ0v) is 8.45. The van der Waals surface area contributed by atoms with Crippen LogP contribution in [0.15, 0.2) is 0 Å². The van der Waals surface area contributed by atoms with E-state index in [0.717, 1.165) is 19.4 Å². The van der Waals surface area contributed by atoms with Crippen molar-refractivity contribution in [2.45, 2.75) is 44.8 Å². The summed E-state index contributed by atoms with van der Waals surface area (Å²) in [5, 5.41) is 18.4. The molecule has 1 aliphatic heterocycles. The van der Waals surface area contributed by atoms with Crippen molar-refractivity contribution < 1.29 is 5.11 Å². The maximum absolute atomic E-state index is 9.75. The Balaban J connectivity index is 2.49. The highest BCUT2D eigenvalue weighted by molar-refractivity contribution is 4.91. The van der Waals surface area contributed by atoms with Gasteiger partial charge in [0.2, 0.25) is 0 Å². The molecule has 0 spiro atoms. The highest BCUT2D eigenvalue weighted by Gasteiger charge is 2.34. The van der Waals surface area contributed by atoms with Gasteiger partial charge in [0.25, 0.3) is 0 Å². The summed E-state index contributed by atoms with van der Waals surface area (Å²) in [4.78, 5) is 2.23. The van der Waals surface area contributed by atoms with Crippen LogP contribution in [0, 0.1) is 11.3 Å². The summed E-state index contributed by atoms with van der Waals surface area (Å²) in [5.41, 5.74) is -0.539. The summed E-state index contributed by atoms with van der Waals surface area (Å²) in [6.45, 7) is 5.60. The predicted octanol–water partition coefficient (Wildman–Crippen LogP) is 1.14. The van der Waals surface area contributed by atoms with E-state index in [2.05, 4.69) is 17.9 Å². The summed E-state index contributed by atoms with van der Waals surface area (Å²) in [5.74, 6) is 0. The third-order valence-corrected chi connectivity index (χ3v) is 2.80. The van der Waals surface area contributed by atoms with Crippen molar-refractivity contribution >= 4 is 0 Å². The number of aliphatic hydroxyl groups is 1. The van der Waals surface area contributed by atoms with Crippen molar-refractivity contribution in [1.29, 1.82) is 5.26 Å². The number of likely N-dealkylation sites (tertiary alicyclic amines) is 1. The van der Waals surface area contributed by atoms with E-state index in [9.17, 15) is 5.11 Å². The van der Waals surface area contributed by atoms with Crippen LogP contribution in [-0.4, -0.2) is 34.7 Å². The van der Waals surface area contributed by atoms with Crippen molar-refractivity contribution in [2.75, 3.05) is 13.1 Å². The molecular weight excluding hydrogens is 164 g/mol. The molecule has 0 aliphatic carbocycles. The number of hydrogen-bond acceptors (Lipinski definition) is 3. The van der Waals surface area contributed by atoms with Gasteiger partial charge in [-0.25, -0.2) is 0 Å². The second-order valence-electron chi connectivity index (χ2n) is 4.14. The van der Waals surface area contributed by atoms with Crippen molar-refractivity contribution in [2.24, 2.45) is 0 Å². The normalized spacial score (nSPS) is 31.5. The topological polar surface area (TPSA) is 47.3 Å². The minimum Gasteiger partial charge on any atom is -0.389 e. The molecular formula is C10H18N2O. The summed E-state index contributed by atoms with van der Waals surface area (Å²) < 4.78 is 0. The second-order valence-corrected chi connectivity index (χ2v) is 4.14. The molecule has 0 amide bonds. The first kappa shape index (κ1) is 10.5. The largest absolute Gasteiger partial charge is 0.389 e. The number of nitriles is 1. The molecule has 3 nitrogen and oxygen atoms in total. The maximum Gasteiger partial charge on any atom is 0.0758 e. The van der Waals surface area contributed by atoms with Gasteiger partial charge >= 0.3 is 0 Å². The molecule has 0 aromatic rings. The average Bonchev–Trinajstić information content (AvgIpc) is 2.42. The molecule has 2 atom stereocenters. The number of hydrogen-bond donors (Lipinski definition) is 1. The predicted molar refractivity (Wildman–Crippen MR) is 51.1 cm³/mol. The first-order chi connectivity index (χ1) is 6.09. The molecule has 1 saturated heterocycles. The van der Waals surface area contributed by atoms with Crippen LogP contribution in [0.3, 0.4) is 0 Å².